The van der Waals surface area contributed by atoms with E-state index in [0.717, 1.165) is 6.42 Å². The van der Waals surface area contributed by atoms with Crippen LogP contribution in [0.15, 0.2) is 0 Å². The standard InChI is InChI=1S/C5H7F2O/c6-5(7)3-8-4-1-2-4/h1,4-5H,2-3H2. The SMILES string of the molecule is FC(F)COC1[CH]C1. The van der Waals surface area contributed by atoms with Crippen LogP contribution < -0.4 is 0 Å². The van der Waals surface area contributed by atoms with Gasteiger partial charge in [-0.2, -0.15) is 0 Å². The van der Waals surface area contributed by atoms with Crippen molar-refractivity contribution in [2.75, 3.05) is 6.61 Å². The Bertz CT molecular complexity index is 68.8. The number of rotatable bonds is 3. The molecule has 1 fully saturated rings. The maximum absolute atomic E-state index is 11.3. The van der Waals surface area contributed by atoms with E-state index >= 15 is 0 Å². The summed E-state index contributed by atoms with van der Waals surface area (Å²) in [6.07, 6.45) is 0.405. The highest BCUT2D eigenvalue weighted by molar-refractivity contribution is 4.96. The van der Waals surface area contributed by atoms with E-state index < -0.39 is 13.0 Å². The number of alkyl halides is 2. The van der Waals surface area contributed by atoms with Crippen molar-refractivity contribution in [2.24, 2.45) is 0 Å². The molecule has 0 aliphatic heterocycles. The normalized spacial score (nSPS) is 19.9. The van der Waals surface area contributed by atoms with Crippen LogP contribution in [0.1, 0.15) is 6.42 Å². The highest BCUT2D eigenvalue weighted by Crippen LogP contribution is 2.21. The molecule has 0 bridgehead atoms. The van der Waals surface area contributed by atoms with E-state index in [4.69, 9.17) is 0 Å². The quantitative estimate of drug-likeness (QED) is 0.546. The summed E-state index contributed by atoms with van der Waals surface area (Å²) in [4.78, 5) is 0. The Morgan fingerprint density at radius 2 is 2.38 bits per heavy atom. The van der Waals surface area contributed by atoms with Gasteiger partial charge in [0, 0.05) is 0 Å². The summed E-state index contributed by atoms with van der Waals surface area (Å²) in [5.74, 6) is 0. The zero-order valence-corrected chi connectivity index (χ0v) is 4.31. The topological polar surface area (TPSA) is 9.23 Å². The van der Waals surface area contributed by atoms with Gasteiger partial charge in [-0.05, 0) is 12.8 Å². The molecule has 0 aromatic rings. The second-order valence-corrected chi connectivity index (χ2v) is 1.73. The van der Waals surface area contributed by atoms with Crippen molar-refractivity contribution in [2.45, 2.75) is 19.0 Å². The first kappa shape index (κ1) is 5.95. The lowest BCUT2D eigenvalue weighted by Crippen LogP contribution is -2.04. The lowest BCUT2D eigenvalue weighted by Gasteiger charge is -1.97. The Kier molecular flexibility index (Phi) is 1.78. The zero-order valence-electron chi connectivity index (χ0n) is 4.31. The average molecular weight is 121 g/mol. The van der Waals surface area contributed by atoms with Gasteiger partial charge in [-0.1, -0.05) is 0 Å². The van der Waals surface area contributed by atoms with Gasteiger partial charge in [-0.3, -0.25) is 0 Å². The third-order valence-corrected chi connectivity index (χ3v) is 0.864. The van der Waals surface area contributed by atoms with E-state index in [1.54, 1.807) is 0 Å². The number of halogens is 2. The molecule has 1 unspecified atom stereocenters. The second-order valence-electron chi connectivity index (χ2n) is 1.73. The predicted molar refractivity (Wildman–Crippen MR) is 24.7 cm³/mol. The number of hydrogen-bond acceptors (Lipinski definition) is 1. The lowest BCUT2D eigenvalue weighted by molar-refractivity contribution is 0.0129. The first-order valence-corrected chi connectivity index (χ1v) is 2.52. The van der Waals surface area contributed by atoms with Crippen LogP contribution in [0.25, 0.3) is 0 Å². The minimum Gasteiger partial charge on any atom is -0.372 e. The van der Waals surface area contributed by atoms with Gasteiger partial charge in [0.15, 0.2) is 0 Å². The molecule has 8 heavy (non-hydrogen) atoms. The fourth-order valence-corrected chi connectivity index (χ4v) is 0.388. The van der Waals surface area contributed by atoms with E-state index in [9.17, 15) is 8.78 Å². The minimum absolute atomic E-state index is 0.0315. The van der Waals surface area contributed by atoms with Gasteiger partial charge in [0.25, 0.3) is 6.43 Å². The third kappa shape index (κ3) is 2.21. The Morgan fingerprint density at radius 3 is 2.75 bits per heavy atom. The molecule has 1 aliphatic rings. The smallest absolute Gasteiger partial charge is 0.261 e. The monoisotopic (exact) mass is 121 g/mol. The molecule has 1 radical (unpaired) electrons. The summed E-state index contributed by atoms with van der Waals surface area (Å²) in [6.45, 7) is -0.416. The fraction of sp³-hybridized carbons (Fsp3) is 0.800. The summed E-state index contributed by atoms with van der Waals surface area (Å²) in [6, 6.07) is 0. The van der Waals surface area contributed by atoms with Gasteiger partial charge in [0.05, 0.1) is 6.10 Å². The summed E-state index contributed by atoms with van der Waals surface area (Å²) >= 11 is 0. The van der Waals surface area contributed by atoms with Crippen molar-refractivity contribution in [3.05, 3.63) is 6.42 Å². The molecule has 1 nitrogen and oxygen atoms in total. The Balaban J connectivity index is 1.87. The molecule has 3 heteroatoms. The van der Waals surface area contributed by atoms with Crippen molar-refractivity contribution in [3.63, 3.8) is 0 Å². The summed E-state index contributed by atoms with van der Waals surface area (Å²) < 4.78 is 27.2. The molecule has 0 aromatic carbocycles. The van der Waals surface area contributed by atoms with Crippen LogP contribution in [0.2, 0.25) is 0 Å². The van der Waals surface area contributed by atoms with Crippen LogP contribution in [-0.2, 0) is 4.74 Å². The van der Waals surface area contributed by atoms with Gasteiger partial charge >= 0.3 is 0 Å². The van der Waals surface area contributed by atoms with Crippen LogP contribution >= 0.6 is 0 Å². The van der Waals surface area contributed by atoms with Crippen molar-refractivity contribution < 1.29 is 13.5 Å². The van der Waals surface area contributed by atoms with Gasteiger partial charge < -0.3 is 4.74 Å². The van der Waals surface area contributed by atoms with Crippen molar-refractivity contribution in [1.29, 1.82) is 0 Å². The summed E-state index contributed by atoms with van der Waals surface area (Å²) in [5, 5.41) is 0. The number of hydrogen-bond donors (Lipinski definition) is 0. The van der Waals surface area contributed by atoms with Gasteiger partial charge in [-0.15, -0.1) is 0 Å². The summed E-state index contributed by atoms with van der Waals surface area (Å²) in [7, 11) is 0. The fourth-order valence-electron chi connectivity index (χ4n) is 0.388. The third-order valence-electron chi connectivity index (χ3n) is 0.864. The van der Waals surface area contributed by atoms with Crippen molar-refractivity contribution in [1.82, 2.24) is 0 Å². The van der Waals surface area contributed by atoms with Crippen LogP contribution in [0.4, 0.5) is 8.78 Å². The molecule has 1 saturated carbocycles. The molecule has 0 aromatic heterocycles. The highest BCUT2D eigenvalue weighted by atomic mass is 19.3. The molecular weight excluding hydrogens is 114 g/mol. The Labute approximate surface area is 46.6 Å². The number of ether oxygens (including phenoxy) is 1. The molecule has 1 atom stereocenters. The highest BCUT2D eigenvalue weighted by Gasteiger charge is 2.23. The maximum atomic E-state index is 11.3. The Morgan fingerprint density at radius 1 is 1.75 bits per heavy atom. The molecule has 47 valence electrons. The van der Waals surface area contributed by atoms with E-state index in [1.165, 1.54) is 0 Å². The minimum atomic E-state index is -2.32. The van der Waals surface area contributed by atoms with Gasteiger partial charge in [0.2, 0.25) is 0 Å². The maximum Gasteiger partial charge on any atom is 0.261 e. The molecule has 0 N–H and O–H groups in total. The van der Waals surface area contributed by atoms with Gasteiger partial charge in [-0.25, -0.2) is 8.78 Å². The van der Waals surface area contributed by atoms with Crippen LogP contribution in [-0.4, -0.2) is 19.1 Å². The first-order valence-electron chi connectivity index (χ1n) is 2.52. The van der Waals surface area contributed by atoms with E-state index in [2.05, 4.69) is 4.74 Å². The van der Waals surface area contributed by atoms with Crippen LogP contribution in [0.3, 0.4) is 0 Å². The average Bonchev–Trinajstić information content (AvgIpc) is 2.41. The molecule has 0 spiro atoms. The zero-order chi connectivity index (χ0) is 5.98. The first-order chi connectivity index (χ1) is 3.79. The van der Waals surface area contributed by atoms with E-state index in [-0.39, 0.29) is 6.10 Å². The van der Waals surface area contributed by atoms with Crippen LogP contribution in [0, 0.1) is 6.42 Å². The molecular formula is C5H7F2O. The largest absolute Gasteiger partial charge is 0.372 e. The lowest BCUT2D eigenvalue weighted by atomic mass is 10.7. The van der Waals surface area contributed by atoms with Crippen LogP contribution in [0.5, 0.6) is 0 Å². The summed E-state index contributed by atoms with van der Waals surface area (Å²) in [5.41, 5.74) is 0. The Hall–Kier alpha value is -0.180. The second kappa shape index (κ2) is 2.40. The molecule has 0 amide bonds. The molecule has 1 aliphatic carbocycles. The van der Waals surface area contributed by atoms with Gasteiger partial charge in [0.1, 0.15) is 6.61 Å². The van der Waals surface area contributed by atoms with E-state index in [0.29, 0.717) is 0 Å². The molecule has 0 saturated heterocycles. The molecule has 0 heterocycles. The molecule has 1 rings (SSSR count). The van der Waals surface area contributed by atoms with E-state index in [1.807, 2.05) is 6.42 Å². The predicted octanol–water partition coefficient (Wildman–Crippen LogP) is 1.24. The van der Waals surface area contributed by atoms with Crippen molar-refractivity contribution >= 4 is 0 Å². The van der Waals surface area contributed by atoms with Crippen molar-refractivity contribution in [3.8, 4) is 0 Å².